The highest BCUT2D eigenvalue weighted by Gasteiger charge is 2.90. The second-order valence-electron chi connectivity index (χ2n) is 5.68. The molecule has 0 aliphatic carbocycles. The highest BCUT2D eigenvalue weighted by Crippen LogP contribution is 2.61. The molecule has 1 atom stereocenters. The first kappa shape index (κ1) is 27.3. The lowest BCUT2D eigenvalue weighted by Gasteiger charge is -2.40. The van der Waals surface area contributed by atoms with Crippen LogP contribution in [0.5, 0.6) is 0 Å². The van der Waals surface area contributed by atoms with E-state index >= 15 is 0 Å². The van der Waals surface area contributed by atoms with Crippen molar-refractivity contribution in [3.05, 3.63) is 12.7 Å². The Morgan fingerprint density at radius 1 is 0.828 bits per heavy atom. The summed E-state index contributed by atoms with van der Waals surface area (Å²) in [6.45, 7) is 3.58. The normalized spacial score (nSPS) is 15.8. The average Bonchev–Trinajstić information content (AvgIpc) is 2.52. The Morgan fingerprint density at radius 2 is 1.24 bits per heavy atom. The van der Waals surface area contributed by atoms with Crippen LogP contribution >= 0.6 is 0 Å². The number of rotatable bonds is 10. The van der Waals surface area contributed by atoms with E-state index in [1.807, 2.05) is 0 Å². The maximum absolute atomic E-state index is 13.8. The summed E-state index contributed by atoms with van der Waals surface area (Å²) in [6, 6.07) is 0. The second-order valence-corrected chi connectivity index (χ2v) is 5.68. The van der Waals surface area contributed by atoms with Crippen LogP contribution in [0.1, 0.15) is 19.8 Å². The number of carbonyl (C=O) groups is 1. The molecule has 172 valence electrons. The topological polar surface area (TPSA) is 26.3 Å². The zero-order valence-electron chi connectivity index (χ0n) is 14.2. The maximum Gasteiger partial charge on any atom is 0.460 e. The third kappa shape index (κ3) is 4.57. The SMILES string of the molecule is C=CCC(CC(F)(F)C(F)(F)C(F)(F)C(F)(F)C(F)(F)C(F)(F)F)C(=O)OCC. The monoisotopic (exact) mass is 460 g/mol. The van der Waals surface area contributed by atoms with Gasteiger partial charge in [0.25, 0.3) is 0 Å². The average molecular weight is 460 g/mol. The van der Waals surface area contributed by atoms with Crippen molar-refractivity contribution in [3.8, 4) is 0 Å². The van der Waals surface area contributed by atoms with Crippen molar-refractivity contribution in [2.24, 2.45) is 5.92 Å². The van der Waals surface area contributed by atoms with E-state index in [4.69, 9.17) is 0 Å². The van der Waals surface area contributed by atoms with Crippen LogP contribution in [-0.2, 0) is 9.53 Å². The van der Waals surface area contributed by atoms with E-state index in [1.165, 1.54) is 0 Å². The van der Waals surface area contributed by atoms with Crippen LogP contribution < -0.4 is 0 Å². The van der Waals surface area contributed by atoms with Gasteiger partial charge in [-0.25, -0.2) is 0 Å². The number of allylic oxidation sites excluding steroid dienone is 1. The van der Waals surface area contributed by atoms with Gasteiger partial charge in [0.1, 0.15) is 0 Å². The molecule has 29 heavy (non-hydrogen) atoms. The first-order chi connectivity index (χ1) is 12.7. The van der Waals surface area contributed by atoms with Crippen LogP contribution in [0.3, 0.4) is 0 Å². The highest BCUT2D eigenvalue weighted by molar-refractivity contribution is 5.72. The molecule has 0 fully saturated rings. The Kier molecular flexibility index (Phi) is 7.72. The first-order valence-corrected chi connectivity index (χ1v) is 7.39. The van der Waals surface area contributed by atoms with Gasteiger partial charge in [-0.15, -0.1) is 6.58 Å². The highest BCUT2D eigenvalue weighted by atomic mass is 19.4. The van der Waals surface area contributed by atoms with Crippen LogP contribution in [0.4, 0.5) is 57.1 Å². The zero-order valence-corrected chi connectivity index (χ0v) is 14.2. The molecule has 0 spiro atoms. The molecule has 0 aromatic carbocycles. The van der Waals surface area contributed by atoms with Crippen LogP contribution in [0.25, 0.3) is 0 Å². The number of ether oxygens (including phenoxy) is 1. The van der Waals surface area contributed by atoms with Gasteiger partial charge >= 0.3 is 41.8 Å². The number of hydrogen-bond donors (Lipinski definition) is 0. The third-order valence-corrected chi connectivity index (χ3v) is 3.57. The quantitative estimate of drug-likeness (QED) is 0.232. The molecule has 1 unspecified atom stereocenters. The Bertz CT molecular complexity index is 595. The number of halogens is 13. The van der Waals surface area contributed by atoms with Gasteiger partial charge in [0.05, 0.1) is 12.5 Å². The van der Waals surface area contributed by atoms with Gasteiger partial charge in [-0.05, 0) is 13.3 Å². The van der Waals surface area contributed by atoms with Crippen molar-refractivity contribution in [1.29, 1.82) is 0 Å². The van der Waals surface area contributed by atoms with Gasteiger partial charge in [-0.2, -0.15) is 57.1 Å². The molecule has 15 heteroatoms. The van der Waals surface area contributed by atoms with Crippen molar-refractivity contribution in [1.82, 2.24) is 0 Å². The van der Waals surface area contributed by atoms with Crippen molar-refractivity contribution in [2.45, 2.75) is 55.6 Å². The third-order valence-electron chi connectivity index (χ3n) is 3.57. The molecule has 0 aliphatic rings. The molecule has 0 N–H and O–H groups in total. The molecule has 0 aliphatic heterocycles. The van der Waals surface area contributed by atoms with Crippen molar-refractivity contribution in [3.63, 3.8) is 0 Å². The number of esters is 1. The molecule has 0 radical (unpaired) electrons. The number of hydrogen-bond acceptors (Lipinski definition) is 2. The fourth-order valence-electron chi connectivity index (χ4n) is 1.96. The minimum absolute atomic E-state index is 0.500. The summed E-state index contributed by atoms with van der Waals surface area (Å²) in [7, 11) is 0. The largest absolute Gasteiger partial charge is 0.466 e. The van der Waals surface area contributed by atoms with Gasteiger partial charge < -0.3 is 4.74 Å². The van der Waals surface area contributed by atoms with E-state index in [0.29, 0.717) is 6.08 Å². The minimum Gasteiger partial charge on any atom is -0.466 e. The molecule has 0 bridgehead atoms. The van der Waals surface area contributed by atoms with Crippen LogP contribution in [-0.4, -0.2) is 48.4 Å². The van der Waals surface area contributed by atoms with Crippen molar-refractivity contribution < 1.29 is 66.6 Å². The molecule has 0 saturated carbocycles. The Hall–Kier alpha value is -1.70. The van der Waals surface area contributed by atoms with Gasteiger partial charge in [0.2, 0.25) is 0 Å². The van der Waals surface area contributed by atoms with E-state index < -0.39 is 67.1 Å². The van der Waals surface area contributed by atoms with E-state index in [-0.39, 0.29) is 0 Å². The Balaban J connectivity index is 6.21. The van der Waals surface area contributed by atoms with E-state index in [0.717, 1.165) is 6.92 Å². The fraction of sp³-hybridized carbons (Fsp3) is 0.786. The summed E-state index contributed by atoms with van der Waals surface area (Å²) in [6.07, 6.45) is -10.3. The van der Waals surface area contributed by atoms with Crippen LogP contribution in [0.2, 0.25) is 0 Å². The lowest BCUT2D eigenvalue weighted by molar-refractivity contribution is -0.440. The predicted octanol–water partition coefficient (Wildman–Crippen LogP) is 5.87. The summed E-state index contributed by atoms with van der Waals surface area (Å²) in [5.74, 6) is -41.4. The van der Waals surface area contributed by atoms with Gasteiger partial charge in [-0.3, -0.25) is 4.79 Å². The Labute approximate surface area is 154 Å². The summed E-state index contributed by atoms with van der Waals surface area (Å²) >= 11 is 0. The molecular formula is C14H13F13O2. The van der Waals surface area contributed by atoms with E-state index in [2.05, 4.69) is 11.3 Å². The zero-order chi connectivity index (χ0) is 23.7. The van der Waals surface area contributed by atoms with E-state index in [1.54, 1.807) is 0 Å². The second kappa shape index (κ2) is 8.20. The molecular weight excluding hydrogens is 447 g/mol. The molecule has 2 nitrogen and oxygen atoms in total. The Morgan fingerprint density at radius 3 is 1.59 bits per heavy atom. The summed E-state index contributed by atoms with van der Waals surface area (Å²) in [5, 5.41) is 0. The summed E-state index contributed by atoms with van der Waals surface area (Å²) < 4.78 is 173. The standard InChI is InChI=1S/C14H13F13O2/c1-3-5-7(8(28)29-4-2)6-9(15,16)10(17,18)11(19,20)12(21,22)13(23,24)14(25,26)27/h3,7H,1,4-6H2,2H3. The van der Waals surface area contributed by atoms with Crippen LogP contribution in [0.15, 0.2) is 12.7 Å². The van der Waals surface area contributed by atoms with Crippen molar-refractivity contribution in [2.75, 3.05) is 6.61 Å². The lowest BCUT2D eigenvalue weighted by atomic mass is 9.88. The van der Waals surface area contributed by atoms with E-state index in [9.17, 15) is 61.9 Å². The molecule has 0 aromatic heterocycles. The fourth-order valence-corrected chi connectivity index (χ4v) is 1.96. The number of carbonyl (C=O) groups excluding carboxylic acids is 1. The summed E-state index contributed by atoms with van der Waals surface area (Å²) in [4.78, 5) is 11.4. The molecule has 0 aromatic rings. The smallest absolute Gasteiger partial charge is 0.460 e. The molecule has 0 rings (SSSR count). The first-order valence-electron chi connectivity index (χ1n) is 7.39. The van der Waals surface area contributed by atoms with Gasteiger partial charge in [0.15, 0.2) is 0 Å². The predicted molar refractivity (Wildman–Crippen MR) is 70.3 cm³/mol. The lowest BCUT2D eigenvalue weighted by Crippen LogP contribution is -2.70. The van der Waals surface area contributed by atoms with Gasteiger partial charge in [0, 0.05) is 6.42 Å². The summed E-state index contributed by atoms with van der Waals surface area (Å²) in [5.41, 5.74) is 0. The molecule has 0 heterocycles. The number of alkyl halides is 13. The minimum atomic E-state index is -7.97. The van der Waals surface area contributed by atoms with Crippen LogP contribution in [0, 0.1) is 5.92 Å². The van der Waals surface area contributed by atoms with Gasteiger partial charge in [-0.1, -0.05) is 6.08 Å². The molecule has 0 amide bonds. The maximum atomic E-state index is 13.8. The molecule has 0 saturated heterocycles. The van der Waals surface area contributed by atoms with Crippen molar-refractivity contribution >= 4 is 5.97 Å².